The maximum atomic E-state index is 5.58. The molecule has 0 fully saturated rings. The van der Waals surface area contributed by atoms with Crippen LogP contribution in [0.25, 0.3) is 0 Å². The Morgan fingerprint density at radius 2 is 2.08 bits per heavy atom. The molecule has 80 valence electrons. The summed E-state index contributed by atoms with van der Waals surface area (Å²) >= 11 is 2.09. The quantitative estimate of drug-likeness (QED) is 0.390. The summed E-state index contributed by atoms with van der Waals surface area (Å²) in [6.45, 7) is 7.27. The highest BCUT2D eigenvalue weighted by atomic mass is 127. The molecule has 3 nitrogen and oxygen atoms in total. The van der Waals surface area contributed by atoms with Gasteiger partial charge < -0.3 is 13.7 Å². The van der Waals surface area contributed by atoms with Crippen molar-refractivity contribution in [1.29, 1.82) is 0 Å². The van der Waals surface area contributed by atoms with E-state index in [2.05, 4.69) is 21.2 Å². The SMILES string of the molecule is CCOC(CC)O[C@H](C)COSI. The molecule has 13 heavy (non-hydrogen) atoms. The Bertz CT molecular complexity index is 116. The predicted octanol–water partition coefficient (Wildman–Crippen LogP) is 3.18. The second kappa shape index (κ2) is 9.51. The number of hydrogen-bond acceptors (Lipinski definition) is 4. The van der Waals surface area contributed by atoms with Gasteiger partial charge >= 0.3 is 0 Å². The van der Waals surface area contributed by atoms with Crippen LogP contribution in [0.5, 0.6) is 0 Å². The molecule has 0 aromatic rings. The molecule has 1 unspecified atom stereocenters. The number of halogens is 1. The van der Waals surface area contributed by atoms with Crippen LogP contribution in [0, 0.1) is 0 Å². The van der Waals surface area contributed by atoms with Crippen LogP contribution >= 0.6 is 30.4 Å². The fourth-order valence-electron chi connectivity index (χ4n) is 0.859. The summed E-state index contributed by atoms with van der Waals surface area (Å²) in [6.07, 6.45) is 0.858. The van der Waals surface area contributed by atoms with Gasteiger partial charge in [-0.15, -0.1) is 0 Å². The van der Waals surface area contributed by atoms with Gasteiger partial charge in [0.05, 0.1) is 21.9 Å². The van der Waals surface area contributed by atoms with Crippen LogP contribution in [0.15, 0.2) is 0 Å². The Balaban J connectivity index is 3.53. The fraction of sp³-hybridized carbons (Fsp3) is 1.00. The largest absolute Gasteiger partial charge is 0.353 e. The Hall–Kier alpha value is 0.960. The second-order valence-corrected chi connectivity index (χ2v) is 4.03. The van der Waals surface area contributed by atoms with E-state index in [-0.39, 0.29) is 12.4 Å². The van der Waals surface area contributed by atoms with Gasteiger partial charge in [0.15, 0.2) is 6.29 Å². The highest BCUT2D eigenvalue weighted by Gasteiger charge is 2.11. The van der Waals surface area contributed by atoms with Crippen LogP contribution in [-0.2, 0) is 13.7 Å². The molecule has 0 aliphatic rings. The van der Waals surface area contributed by atoms with Gasteiger partial charge in [-0.1, -0.05) is 6.92 Å². The van der Waals surface area contributed by atoms with Crippen molar-refractivity contribution < 1.29 is 13.7 Å². The van der Waals surface area contributed by atoms with Gasteiger partial charge in [0, 0.05) is 27.8 Å². The first-order valence-corrected chi connectivity index (χ1v) is 7.70. The lowest BCUT2D eigenvalue weighted by Crippen LogP contribution is -2.24. The van der Waals surface area contributed by atoms with Crippen molar-refractivity contribution in [2.45, 2.75) is 39.6 Å². The first-order valence-electron chi connectivity index (χ1n) is 4.41. The third-order valence-corrected chi connectivity index (χ3v) is 2.41. The van der Waals surface area contributed by atoms with Gasteiger partial charge in [-0.3, -0.25) is 0 Å². The van der Waals surface area contributed by atoms with E-state index in [1.54, 1.807) is 0 Å². The molecule has 0 aliphatic carbocycles. The van der Waals surface area contributed by atoms with Gasteiger partial charge in [-0.2, -0.15) is 0 Å². The number of hydrogen-bond donors (Lipinski definition) is 0. The van der Waals surface area contributed by atoms with E-state index in [4.69, 9.17) is 13.7 Å². The van der Waals surface area contributed by atoms with E-state index >= 15 is 0 Å². The van der Waals surface area contributed by atoms with E-state index in [9.17, 15) is 0 Å². The van der Waals surface area contributed by atoms with Crippen LogP contribution < -0.4 is 0 Å². The minimum absolute atomic E-state index is 0.0822. The lowest BCUT2D eigenvalue weighted by Gasteiger charge is -2.20. The third kappa shape index (κ3) is 7.99. The maximum Gasteiger partial charge on any atom is 0.157 e. The molecule has 0 aromatic carbocycles. The molecule has 0 spiro atoms. The molecule has 0 radical (unpaired) electrons. The molecule has 0 aromatic heterocycles. The topological polar surface area (TPSA) is 27.7 Å². The normalized spacial score (nSPS) is 15.7. The van der Waals surface area contributed by atoms with Crippen molar-refractivity contribution in [2.75, 3.05) is 13.2 Å². The molecule has 0 rings (SSSR count). The van der Waals surface area contributed by atoms with Crippen molar-refractivity contribution in [3.63, 3.8) is 0 Å². The third-order valence-electron chi connectivity index (χ3n) is 1.42. The Morgan fingerprint density at radius 3 is 2.54 bits per heavy atom. The maximum absolute atomic E-state index is 5.58. The van der Waals surface area contributed by atoms with Crippen LogP contribution in [0.3, 0.4) is 0 Å². The molecule has 5 heteroatoms. The Morgan fingerprint density at radius 1 is 1.38 bits per heavy atom. The average molecular weight is 320 g/mol. The molecule has 0 saturated heterocycles. The van der Waals surface area contributed by atoms with Gasteiger partial charge in [-0.25, -0.2) is 0 Å². The number of rotatable bonds is 8. The van der Waals surface area contributed by atoms with Gasteiger partial charge in [0.1, 0.15) is 0 Å². The zero-order chi connectivity index (χ0) is 10.1. The second-order valence-electron chi connectivity index (χ2n) is 2.59. The van der Waals surface area contributed by atoms with Crippen LogP contribution in [0.1, 0.15) is 27.2 Å². The van der Waals surface area contributed by atoms with E-state index in [0.29, 0.717) is 13.2 Å². The highest BCUT2D eigenvalue weighted by Crippen LogP contribution is 2.14. The zero-order valence-electron chi connectivity index (χ0n) is 8.29. The highest BCUT2D eigenvalue weighted by molar-refractivity contribution is 14.2. The standard InChI is InChI=1S/C8H17IO3S/c1-4-8(10-5-2)12-7(3)6-11-13-9/h7-8H,4-6H2,1-3H3/t7-,8?/m1/s1. The average Bonchev–Trinajstić information content (AvgIpc) is 2.14. The molecular weight excluding hydrogens is 303 g/mol. The lowest BCUT2D eigenvalue weighted by atomic mass is 10.4. The molecule has 0 saturated carbocycles. The van der Waals surface area contributed by atoms with E-state index in [1.165, 1.54) is 9.21 Å². The van der Waals surface area contributed by atoms with Crippen LogP contribution in [0.4, 0.5) is 0 Å². The van der Waals surface area contributed by atoms with Crippen molar-refractivity contribution in [3.05, 3.63) is 0 Å². The summed E-state index contributed by atoms with van der Waals surface area (Å²) in [5.74, 6) is 0. The Kier molecular flexibility index (Phi) is 10.2. The smallest absolute Gasteiger partial charge is 0.157 e. The molecule has 0 heterocycles. The first-order chi connectivity index (χ1) is 6.24. The molecular formula is C8H17IO3S. The number of ether oxygens (including phenoxy) is 2. The summed E-state index contributed by atoms with van der Waals surface area (Å²) in [6, 6.07) is 0. The fourth-order valence-corrected chi connectivity index (χ4v) is 1.54. The zero-order valence-corrected chi connectivity index (χ0v) is 11.3. The minimum Gasteiger partial charge on any atom is -0.353 e. The molecule has 0 bridgehead atoms. The van der Waals surface area contributed by atoms with Crippen LogP contribution in [0.2, 0.25) is 0 Å². The first kappa shape index (κ1) is 14.0. The summed E-state index contributed by atoms with van der Waals surface area (Å²) < 4.78 is 16.1. The van der Waals surface area contributed by atoms with Crippen molar-refractivity contribution in [1.82, 2.24) is 0 Å². The summed E-state index contributed by atoms with van der Waals surface area (Å²) in [5, 5.41) is 0. The van der Waals surface area contributed by atoms with E-state index < -0.39 is 0 Å². The van der Waals surface area contributed by atoms with Crippen molar-refractivity contribution >= 4 is 30.4 Å². The summed E-state index contributed by atoms with van der Waals surface area (Å²) in [7, 11) is 1.33. The summed E-state index contributed by atoms with van der Waals surface area (Å²) in [5.41, 5.74) is 0. The van der Waals surface area contributed by atoms with Crippen molar-refractivity contribution in [2.24, 2.45) is 0 Å². The molecule has 0 aliphatic heterocycles. The van der Waals surface area contributed by atoms with Gasteiger partial charge in [0.25, 0.3) is 0 Å². The summed E-state index contributed by atoms with van der Waals surface area (Å²) in [4.78, 5) is 0. The van der Waals surface area contributed by atoms with Crippen molar-refractivity contribution in [3.8, 4) is 0 Å². The monoisotopic (exact) mass is 320 g/mol. The minimum atomic E-state index is -0.0946. The van der Waals surface area contributed by atoms with E-state index in [1.807, 2.05) is 20.8 Å². The molecule has 0 amide bonds. The van der Waals surface area contributed by atoms with Gasteiger partial charge in [-0.05, 0) is 20.3 Å². The molecule has 2 atom stereocenters. The predicted molar refractivity (Wildman–Crippen MR) is 63.8 cm³/mol. The van der Waals surface area contributed by atoms with E-state index in [0.717, 1.165) is 6.42 Å². The van der Waals surface area contributed by atoms with Gasteiger partial charge in [0.2, 0.25) is 0 Å². The lowest BCUT2D eigenvalue weighted by molar-refractivity contribution is -0.169. The Labute approximate surface area is 96.7 Å². The van der Waals surface area contributed by atoms with Crippen LogP contribution in [-0.4, -0.2) is 25.6 Å². The molecule has 0 N–H and O–H groups in total.